The first kappa shape index (κ1) is 13.9. The topological polar surface area (TPSA) is 15.6 Å². The first-order chi connectivity index (χ1) is 10.4. The van der Waals surface area contributed by atoms with E-state index in [1.54, 1.807) is 0 Å². The average molecular weight is 278 g/mol. The van der Waals surface area contributed by atoms with Gasteiger partial charge < -0.3 is 0 Å². The number of benzene rings is 2. The van der Waals surface area contributed by atoms with Gasteiger partial charge in [0.2, 0.25) is 0 Å². The molecule has 0 fully saturated rings. The number of hydrogen-bond acceptors (Lipinski definition) is 2. The molecule has 0 radical (unpaired) electrons. The van der Waals surface area contributed by atoms with E-state index in [9.17, 15) is 0 Å². The fraction of sp³-hybridized carbons (Fsp3) is 0.316. The maximum Gasteiger partial charge on any atom is 0.0703 e. The fourth-order valence-corrected chi connectivity index (χ4v) is 2.88. The van der Waals surface area contributed by atoms with Crippen LogP contribution in [0.25, 0.3) is 0 Å². The van der Waals surface area contributed by atoms with Crippen molar-refractivity contribution in [1.82, 2.24) is 0 Å². The van der Waals surface area contributed by atoms with Crippen molar-refractivity contribution in [2.24, 2.45) is 5.10 Å². The van der Waals surface area contributed by atoms with E-state index in [-0.39, 0.29) is 0 Å². The molecule has 1 heterocycles. The van der Waals surface area contributed by atoms with Crippen LogP contribution in [-0.2, 0) is 0 Å². The standard InChI is InChI=1S/C19H22N2/c1-2-3-12-18-15-19(16-10-6-4-7-11-16)20-21(18)17-13-8-5-9-14-17/h4-11,13-14,18H,2-3,12,15H2,1H3. The lowest BCUT2D eigenvalue weighted by atomic mass is 10.0. The van der Waals surface area contributed by atoms with Gasteiger partial charge in [0.25, 0.3) is 0 Å². The Balaban J connectivity index is 1.87. The number of anilines is 1. The highest BCUT2D eigenvalue weighted by atomic mass is 15.5. The second-order valence-electron chi connectivity index (χ2n) is 5.59. The summed E-state index contributed by atoms with van der Waals surface area (Å²) in [7, 11) is 0. The Morgan fingerprint density at radius 2 is 1.67 bits per heavy atom. The number of hydrazone groups is 1. The van der Waals surface area contributed by atoms with Gasteiger partial charge in [0.05, 0.1) is 17.4 Å². The Kier molecular flexibility index (Phi) is 4.34. The number of rotatable bonds is 5. The van der Waals surface area contributed by atoms with Gasteiger partial charge >= 0.3 is 0 Å². The molecule has 2 aromatic rings. The molecule has 0 saturated heterocycles. The number of nitrogens with zero attached hydrogens (tertiary/aromatic N) is 2. The van der Waals surface area contributed by atoms with Gasteiger partial charge in [-0.05, 0) is 24.1 Å². The summed E-state index contributed by atoms with van der Waals surface area (Å²) >= 11 is 0. The molecule has 108 valence electrons. The van der Waals surface area contributed by atoms with Gasteiger partial charge in [-0.1, -0.05) is 68.3 Å². The van der Waals surface area contributed by atoms with Crippen LogP contribution >= 0.6 is 0 Å². The highest BCUT2D eigenvalue weighted by molar-refractivity contribution is 6.03. The Labute approximate surface area is 127 Å². The molecular weight excluding hydrogens is 256 g/mol. The lowest BCUT2D eigenvalue weighted by Gasteiger charge is -2.23. The number of unbranched alkanes of at least 4 members (excludes halogenated alkanes) is 1. The van der Waals surface area contributed by atoms with E-state index in [2.05, 4.69) is 72.6 Å². The van der Waals surface area contributed by atoms with Crippen molar-refractivity contribution in [3.8, 4) is 0 Å². The monoisotopic (exact) mass is 278 g/mol. The van der Waals surface area contributed by atoms with Crippen molar-refractivity contribution in [3.63, 3.8) is 0 Å². The minimum absolute atomic E-state index is 0.488. The predicted octanol–water partition coefficient (Wildman–Crippen LogP) is 4.86. The highest BCUT2D eigenvalue weighted by Crippen LogP contribution is 2.29. The fourth-order valence-electron chi connectivity index (χ4n) is 2.88. The Bertz CT molecular complexity index is 589. The van der Waals surface area contributed by atoms with Crippen LogP contribution in [-0.4, -0.2) is 11.8 Å². The molecule has 2 nitrogen and oxygen atoms in total. The maximum atomic E-state index is 4.91. The lowest BCUT2D eigenvalue weighted by Crippen LogP contribution is -2.26. The highest BCUT2D eigenvalue weighted by Gasteiger charge is 2.27. The van der Waals surface area contributed by atoms with Crippen molar-refractivity contribution in [3.05, 3.63) is 66.2 Å². The molecule has 1 aliphatic heterocycles. The molecule has 0 N–H and O–H groups in total. The van der Waals surface area contributed by atoms with E-state index in [0.29, 0.717) is 6.04 Å². The maximum absolute atomic E-state index is 4.91. The van der Waals surface area contributed by atoms with Gasteiger partial charge in [-0.25, -0.2) is 0 Å². The molecule has 0 aliphatic carbocycles. The van der Waals surface area contributed by atoms with Gasteiger partial charge in [-0.15, -0.1) is 0 Å². The molecule has 21 heavy (non-hydrogen) atoms. The summed E-state index contributed by atoms with van der Waals surface area (Å²) < 4.78 is 0. The van der Waals surface area contributed by atoms with E-state index in [4.69, 9.17) is 5.10 Å². The normalized spacial score (nSPS) is 17.9. The van der Waals surface area contributed by atoms with E-state index >= 15 is 0 Å². The van der Waals surface area contributed by atoms with E-state index < -0.39 is 0 Å². The molecule has 0 spiro atoms. The van der Waals surface area contributed by atoms with Gasteiger partial charge in [-0.2, -0.15) is 5.10 Å². The van der Waals surface area contributed by atoms with E-state index in [1.807, 2.05) is 0 Å². The zero-order chi connectivity index (χ0) is 14.5. The third-order valence-electron chi connectivity index (χ3n) is 4.02. The van der Waals surface area contributed by atoms with Crippen LogP contribution in [0, 0.1) is 0 Å². The molecule has 3 rings (SSSR count). The van der Waals surface area contributed by atoms with Crippen LogP contribution in [0.3, 0.4) is 0 Å². The van der Waals surface area contributed by atoms with Gasteiger partial charge in [0.1, 0.15) is 0 Å². The van der Waals surface area contributed by atoms with Crippen molar-refractivity contribution in [2.75, 3.05) is 5.01 Å². The van der Waals surface area contributed by atoms with Crippen molar-refractivity contribution >= 4 is 11.4 Å². The van der Waals surface area contributed by atoms with Crippen molar-refractivity contribution in [2.45, 2.75) is 38.6 Å². The Morgan fingerprint density at radius 3 is 2.33 bits per heavy atom. The smallest absolute Gasteiger partial charge is 0.0703 e. The summed E-state index contributed by atoms with van der Waals surface area (Å²) in [6, 6.07) is 21.6. The van der Waals surface area contributed by atoms with Crippen molar-refractivity contribution in [1.29, 1.82) is 0 Å². The van der Waals surface area contributed by atoms with Crippen LogP contribution in [0.4, 0.5) is 5.69 Å². The molecule has 0 amide bonds. The number of para-hydroxylation sites is 1. The third kappa shape index (κ3) is 3.15. The average Bonchev–Trinajstić information content (AvgIpc) is 2.99. The second-order valence-corrected chi connectivity index (χ2v) is 5.59. The molecular formula is C19H22N2. The van der Waals surface area contributed by atoms with Gasteiger partial charge in [0, 0.05) is 6.42 Å². The molecule has 1 unspecified atom stereocenters. The molecule has 1 atom stereocenters. The summed E-state index contributed by atoms with van der Waals surface area (Å²) in [5, 5.41) is 7.13. The van der Waals surface area contributed by atoms with Crippen LogP contribution in [0.5, 0.6) is 0 Å². The van der Waals surface area contributed by atoms with Crippen LogP contribution < -0.4 is 5.01 Å². The molecule has 2 aromatic carbocycles. The summed E-state index contributed by atoms with van der Waals surface area (Å²) in [4.78, 5) is 0. The predicted molar refractivity (Wildman–Crippen MR) is 89.8 cm³/mol. The quantitative estimate of drug-likeness (QED) is 0.762. The SMILES string of the molecule is CCCCC1CC(c2ccccc2)=NN1c1ccccc1. The zero-order valence-corrected chi connectivity index (χ0v) is 12.6. The first-order valence-electron chi connectivity index (χ1n) is 7.85. The minimum atomic E-state index is 0.488. The molecule has 1 aliphatic rings. The Morgan fingerprint density at radius 1 is 1.00 bits per heavy atom. The molecule has 0 aromatic heterocycles. The van der Waals surface area contributed by atoms with E-state index in [1.165, 1.54) is 36.2 Å². The zero-order valence-electron chi connectivity index (χ0n) is 12.6. The van der Waals surface area contributed by atoms with E-state index in [0.717, 1.165) is 6.42 Å². The van der Waals surface area contributed by atoms with Crippen LogP contribution in [0.1, 0.15) is 38.2 Å². The summed E-state index contributed by atoms with van der Waals surface area (Å²) in [5.74, 6) is 0. The number of hydrogen-bond donors (Lipinski definition) is 0. The Hall–Kier alpha value is -2.09. The lowest BCUT2D eigenvalue weighted by molar-refractivity contribution is 0.572. The molecule has 2 heteroatoms. The third-order valence-corrected chi connectivity index (χ3v) is 4.02. The van der Waals surface area contributed by atoms with Crippen molar-refractivity contribution < 1.29 is 0 Å². The molecule has 0 saturated carbocycles. The molecule has 0 bridgehead atoms. The second kappa shape index (κ2) is 6.57. The van der Waals surface area contributed by atoms with Crippen LogP contribution in [0.2, 0.25) is 0 Å². The minimum Gasteiger partial charge on any atom is -0.262 e. The summed E-state index contributed by atoms with van der Waals surface area (Å²) in [6.45, 7) is 2.25. The largest absolute Gasteiger partial charge is 0.262 e. The van der Waals surface area contributed by atoms with Crippen LogP contribution in [0.15, 0.2) is 65.8 Å². The first-order valence-corrected chi connectivity index (χ1v) is 7.85. The summed E-state index contributed by atoms with van der Waals surface area (Å²) in [6.07, 6.45) is 4.73. The van der Waals surface area contributed by atoms with Gasteiger partial charge in [0.15, 0.2) is 0 Å². The van der Waals surface area contributed by atoms with Gasteiger partial charge in [-0.3, -0.25) is 5.01 Å². The summed E-state index contributed by atoms with van der Waals surface area (Å²) in [5.41, 5.74) is 3.66.